The lowest BCUT2D eigenvalue weighted by atomic mass is 9.96. The SMILES string of the molecule is CCNC(Cc1cc(C)cc(C)c1)c1cc(Cl)cc(Br)c1. The minimum atomic E-state index is 0.270. The second kappa shape index (κ2) is 7.44. The highest BCUT2D eigenvalue weighted by atomic mass is 79.9. The summed E-state index contributed by atoms with van der Waals surface area (Å²) < 4.78 is 1.02. The molecule has 0 saturated carbocycles. The summed E-state index contributed by atoms with van der Waals surface area (Å²) in [6, 6.07) is 13.1. The van der Waals surface area contributed by atoms with Crippen molar-refractivity contribution in [3.05, 3.63) is 68.1 Å². The largest absolute Gasteiger partial charge is 0.310 e. The van der Waals surface area contributed by atoms with Gasteiger partial charge in [0.25, 0.3) is 0 Å². The molecule has 3 heteroatoms. The van der Waals surface area contributed by atoms with Crippen LogP contribution in [0.15, 0.2) is 40.9 Å². The van der Waals surface area contributed by atoms with Crippen LogP contribution < -0.4 is 5.32 Å². The van der Waals surface area contributed by atoms with Crippen molar-refractivity contribution in [2.45, 2.75) is 33.2 Å². The predicted octanol–water partition coefficient (Wildman–Crippen LogP) is 5.61. The molecule has 0 saturated heterocycles. The molecule has 1 unspecified atom stereocenters. The molecule has 0 spiro atoms. The number of halogens is 2. The molecule has 0 bridgehead atoms. The van der Waals surface area contributed by atoms with E-state index >= 15 is 0 Å². The van der Waals surface area contributed by atoms with E-state index in [0.29, 0.717) is 0 Å². The Morgan fingerprint density at radius 2 is 1.71 bits per heavy atom. The van der Waals surface area contributed by atoms with Gasteiger partial charge < -0.3 is 5.32 Å². The Morgan fingerprint density at radius 3 is 2.29 bits per heavy atom. The Balaban J connectivity index is 2.30. The van der Waals surface area contributed by atoms with Crippen molar-refractivity contribution in [3.63, 3.8) is 0 Å². The Bertz CT molecular complexity index is 584. The average Bonchev–Trinajstić information content (AvgIpc) is 2.35. The fourth-order valence-corrected chi connectivity index (χ4v) is 3.64. The fraction of sp³-hybridized carbons (Fsp3) is 0.333. The molecule has 1 atom stereocenters. The minimum Gasteiger partial charge on any atom is -0.310 e. The van der Waals surface area contributed by atoms with Crippen LogP contribution in [-0.4, -0.2) is 6.54 Å². The van der Waals surface area contributed by atoms with E-state index in [-0.39, 0.29) is 6.04 Å². The van der Waals surface area contributed by atoms with Crippen LogP contribution in [0.3, 0.4) is 0 Å². The van der Waals surface area contributed by atoms with Crippen LogP contribution in [0, 0.1) is 13.8 Å². The average molecular weight is 367 g/mol. The van der Waals surface area contributed by atoms with E-state index in [4.69, 9.17) is 11.6 Å². The maximum absolute atomic E-state index is 6.19. The molecule has 2 rings (SSSR count). The highest BCUT2D eigenvalue weighted by Crippen LogP contribution is 2.26. The van der Waals surface area contributed by atoms with Gasteiger partial charge in [0.2, 0.25) is 0 Å². The van der Waals surface area contributed by atoms with Crippen molar-refractivity contribution < 1.29 is 0 Å². The van der Waals surface area contributed by atoms with Gasteiger partial charge >= 0.3 is 0 Å². The molecule has 0 aliphatic carbocycles. The van der Waals surface area contributed by atoms with Crippen LogP contribution >= 0.6 is 27.5 Å². The third kappa shape index (κ3) is 4.84. The van der Waals surface area contributed by atoms with Crippen LogP contribution in [0.1, 0.15) is 35.2 Å². The maximum Gasteiger partial charge on any atom is 0.0420 e. The van der Waals surface area contributed by atoms with Crippen molar-refractivity contribution in [2.75, 3.05) is 6.54 Å². The summed E-state index contributed by atoms with van der Waals surface area (Å²) in [6.07, 6.45) is 0.961. The van der Waals surface area contributed by atoms with Crippen LogP contribution in [0.25, 0.3) is 0 Å². The molecule has 112 valence electrons. The molecule has 0 radical (unpaired) electrons. The van der Waals surface area contributed by atoms with E-state index in [1.165, 1.54) is 22.3 Å². The predicted molar refractivity (Wildman–Crippen MR) is 95.2 cm³/mol. The standard InChI is InChI=1S/C18H21BrClN/c1-4-21-18(15-9-16(19)11-17(20)10-15)8-14-6-12(2)5-13(3)7-14/h5-7,9-11,18,21H,4,8H2,1-3H3. The fourth-order valence-electron chi connectivity index (χ4n) is 2.75. The molecule has 21 heavy (non-hydrogen) atoms. The molecule has 1 N–H and O–H groups in total. The molecule has 0 aliphatic heterocycles. The van der Waals surface area contributed by atoms with Gasteiger partial charge in [0.05, 0.1) is 0 Å². The second-order valence-corrected chi connectivity index (χ2v) is 6.87. The van der Waals surface area contributed by atoms with Gasteiger partial charge in [-0.25, -0.2) is 0 Å². The van der Waals surface area contributed by atoms with E-state index < -0.39 is 0 Å². The second-order valence-electron chi connectivity index (χ2n) is 5.51. The number of benzene rings is 2. The molecule has 0 aromatic heterocycles. The summed E-state index contributed by atoms with van der Waals surface area (Å²) in [5, 5.41) is 4.33. The molecular formula is C18H21BrClN. The molecule has 0 heterocycles. The molecule has 0 fully saturated rings. The molecular weight excluding hydrogens is 346 g/mol. The lowest BCUT2D eigenvalue weighted by Crippen LogP contribution is -2.23. The van der Waals surface area contributed by atoms with Crippen LogP contribution in [0.5, 0.6) is 0 Å². The number of hydrogen-bond donors (Lipinski definition) is 1. The highest BCUT2D eigenvalue weighted by molar-refractivity contribution is 9.10. The first kappa shape index (κ1) is 16.5. The van der Waals surface area contributed by atoms with Crippen molar-refractivity contribution in [1.29, 1.82) is 0 Å². The number of nitrogens with one attached hydrogen (secondary N) is 1. The Labute approximate surface area is 140 Å². The van der Waals surface area contributed by atoms with Gasteiger partial charge in [-0.2, -0.15) is 0 Å². The Kier molecular flexibility index (Phi) is 5.86. The summed E-state index contributed by atoms with van der Waals surface area (Å²) >= 11 is 9.72. The van der Waals surface area contributed by atoms with Gasteiger partial charge in [0, 0.05) is 15.5 Å². The van der Waals surface area contributed by atoms with Crippen LogP contribution in [0.2, 0.25) is 5.02 Å². The topological polar surface area (TPSA) is 12.0 Å². The normalized spacial score (nSPS) is 12.4. The van der Waals surface area contributed by atoms with E-state index in [1.807, 2.05) is 12.1 Å². The molecule has 1 nitrogen and oxygen atoms in total. The Hall–Kier alpha value is -0.830. The number of likely N-dealkylation sites (N-methyl/N-ethyl adjacent to an activating group) is 1. The lowest BCUT2D eigenvalue weighted by molar-refractivity contribution is 0.549. The maximum atomic E-state index is 6.19. The first-order valence-electron chi connectivity index (χ1n) is 7.24. The van der Waals surface area contributed by atoms with E-state index in [9.17, 15) is 0 Å². The summed E-state index contributed by atoms with van der Waals surface area (Å²) in [7, 11) is 0. The van der Waals surface area contributed by atoms with E-state index in [0.717, 1.165) is 22.5 Å². The zero-order valence-corrected chi connectivity index (χ0v) is 15.1. The van der Waals surface area contributed by atoms with Gasteiger partial charge in [-0.1, -0.05) is 63.8 Å². The number of hydrogen-bond acceptors (Lipinski definition) is 1. The van der Waals surface area contributed by atoms with Crippen LogP contribution in [0.4, 0.5) is 0 Å². The minimum absolute atomic E-state index is 0.270. The van der Waals surface area contributed by atoms with Gasteiger partial charge in [-0.15, -0.1) is 0 Å². The lowest BCUT2D eigenvalue weighted by Gasteiger charge is -2.20. The van der Waals surface area contributed by atoms with Crippen molar-refractivity contribution >= 4 is 27.5 Å². The first-order chi connectivity index (χ1) is 9.97. The van der Waals surface area contributed by atoms with Gasteiger partial charge in [-0.05, 0) is 56.1 Å². The highest BCUT2D eigenvalue weighted by Gasteiger charge is 2.13. The van der Waals surface area contributed by atoms with E-state index in [2.05, 4.69) is 66.3 Å². The van der Waals surface area contributed by atoms with Crippen molar-refractivity contribution in [2.24, 2.45) is 0 Å². The summed E-state index contributed by atoms with van der Waals surface area (Å²) in [4.78, 5) is 0. The van der Waals surface area contributed by atoms with Gasteiger partial charge in [0.15, 0.2) is 0 Å². The third-order valence-electron chi connectivity index (χ3n) is 3.46. The summed E-state index contributed by atoms with van der Waals surface area (Å²) in [5.41, 5.74) is 5.20. The van der Waals surface area contributed by atoms with Gasteiger partial charge in [0.1, 0.15) is 0 Å². The number of rotatable bonds is 5. The van der Waals surface area contributed by atoms with Crippen LogP contribution in [-0.2, 0) is 6.42 Å². The monoisotopic (exact) mass is 365 g/mol. The molecule has 2 aromatic rings. The Morgan fingerprint density at radius 1 is 1.05 bits per heavy atom. The third-order valence-corrected chi connectivity index (χ3v) is 4.14. The smallest absolute Gasteiger partial charge is 0.0420 e. The van der Waals surface area contributed by atoms with E-state index in [1.54, 1.807) is 0 Å². The quantitative estimate of drug-likeness (QED) is 0.725. The number of aryl methyl sites for hydroxylation is 2. The first-order valence-corrected chi connectivity index (χ1v) is 8.41. The molecule has 0 amide bonds. The zero-order valence-electron chi connectivity index (χ0n) is 12.7. The summed E-state index contributed by atoms with van der Waals surface area (Å²) in [5.74, 6) is 0. The molecule has 0 aliphatic rings. The van der Waals surface area contributed by atoms with Crippen molar-refractivity contribution in [1.82, 2.24) is 5.32 Å². The van der Waals surface area contributed by atoms with Gasteiger partial charge in [-0.3, -0.25) is 0 Å². The summed E-state index contributed by atoms with van der Waals surface area (Å²) in [6.45, 7) is 7.36. The van der Waals surface area contributed by atoms with Crippen molar-refractivity contribution in [3.8, 4) is 0 Å². The molecule has 2 aromatic carbocycles. The zero-order chi connectivity index (χ0) is 15.4.